The molecular formula is C15H20O2. The Morgan fingerprint density at radius 1 is 1.12 bits per heavy atom. The quantitative estimate of drug-likeness (QED) is 0.698. The molecule has 0 spiro atoms. The molecule has 0 aliphatic carbocycles. The van der Waals surface area contributed by atoms with E-state index in [2.05, 4.69) is 13.2 Å². The van der Waals surface area contributed by atoms with E-state index >= 15 is 0 Å². The van der Waals surface area contributed by atoms with Crippen LogP contribution < -0.4 is 0 Å². The molecule has 0 bridgehead atoms. The van der Waals surface area contributed by atoms with Crippen molar-refractivity contribution in [3.63, 3.8) is 0 Å². The van der Waals surface area contributed by atoms with Crippen LogP contribution in [-0.4, -0.2) is 17.3 Å². The summed E-state index contributed by atoms with van der Waals surface area (Å²) >= 11 is 0. The molecule has 0 heterocycles. The van der Waals surface area contributed by atoms with Crippen molar-refractivity contribution in [3.8, 4) is 0 Å². The van der Waals surface area contributed by atoms with Crippen molar-refractivity contribution < 1.29 is 9.84 Å². The summed E-state index contributed by atoms with van der Waals surface area (Å²) in [6, 6.07) is 9.91. The first kappa shape index (κ1) is 13.7. The molecule has 0 saturated heterocycles. The molecular weight excluding hydrogens is 212 g/mol. The molecule has 1 N–H and O–H groups in total. The Kier molecular flexibility index (Phi) is 5.67. The van der Waals surface area contributed by atoms with E-state index < -0.39 is 5.60 Å². The van der Waals surface area contributed by atoms with Crippen molar-refractivity contribution in [1.29, 1.82) is 0 Å². The molecule has 0 aromatic heterocycles. The number of benzene rings is 1. The van der Waals surface area contributed by atoms with Crippen molar-refractivity contribution in [2.24, 2.45) is 0 Å². The maximum Gasteiger partial charge on any atom is 0.0948 e. The summed E-state index contributed by atoms with van der Waals surface area (Å²) in [7, 11) is 0. The van der Waals surface area contributed by atoms with E-state index in [9.17, 15) is 5.11 Å². The lowest BCUT2D eigenvalue weighted by molar-refractivity contribution is -0.0476. The molecule has 0 radical (unpaired) electrons. The Morgan fingerprint density at radius 2 is 1.71 bits per heavy atom. The summed E-state index contributed by atoms with van der Waals surface area (Å²) in [5.41, 5.74) is 0.227. The molecule has 0 unspecified atom stereocenters. The van der Waals surface area contributed by atoms with Gasteiger partial charge in [-0.25, -0.2) is 0 Å². The van der Waals surface area contributed by atoms with Crippen LogP contribution in [0, 0.1) is 0 Å². The molecule has 0 atom stereocenters. The van der Waals surface area contributed by atoms with E-state index in [4.69, 9.17) is 4.74 Å². The van der Waals surface area contributed by atoms with Gasteiger partial charge in [-0.3, -0.25) is 0 Å². The van der Waals surface area contributed by atoms with Gasteiger partial charge in [-0.2, -0.15) is 0 Å². The molecule has 0 aliphatic heterocycles. The molecule has 0 saturated carbocycles. The molecule has 92 valence electrons. The third-order valence-corrected chi connectivity index (χ3v) is 2.53. The zero-order chi connectivity index (χ0) is 12.6. The zero-order valence-corrected chi connectivity index (χ0v) is 10.1. The van der Waals surface area contributed by atoms with Crippen LogP contribution in [0.1, 0.15) is 18.4 Å². The Labute approximate surface area is 103 Å². The first-order valence-corrected chi connectivity index (χ1v) is 5.76. The lowest BCUT2D eigenvalue weighted by atomic mass is 9.97. The van der Waals surface area contributed by atoms with Gasteiger partial charge in [0.25, 0.3) is 0 Å². The van der Waals surface area contributed by atoms with Gasteiger partial charge in [-0.15, -0.1) is 13.2 Å². The van der Waals surface area contributed by atoms with Crippen LogP contribution in [0.5, 0.6) is 0 Å². The average Bonchev–Trinajstić information content (AvgIpc) is 2.31. The van der Waals surface area contributed by atoms with Gasteiger partial charge in [0.1, 0.15) is 0 Å². The predicted octanol–water partition coefficient (Wildman–Crippen LogP) is 3.09. The largest absolute Gasteiger partial charge is 0.387 e. The normalized spacial score (nSPS) is 11.1. The highest BCUT2D eigenvalue weighted by Gasteiger charge is 2.23. The van der Waals surface area contributed by atoms with Gasteiger partial charge in [-0.05, 0) is 18.4 Å². The lowest BCUT2D eigenvalue weighted by Gasteiger charge is -2.25. The Bertz CT molecular complexity index is 333. The van der Waals surface area contributed by atoms with Crippen molar-refractivity contribution >= 4 is 0 Å². The van der Waals surface area contributed by atoms with Gasteiger partial charge < -0.3 is 9.84 Å². The third-order valence-electron chi connectivity index (χ3n) is 2.53. The summed E-state index contributed by atoms with van der Waals surface area (Å²) in [5.74, 6) is 0. The number of hydrogen-bond acceptors (Lipinski definition) is 2. The number of rotatable bonds is 8. The lowest BCUT2D eigenvalue weighted by Crippen LogP contribution is -2.33. The highest BCUT2D eigenvalue weighted by molar-refractivity contribution is 5.13. The number of ether oxygens (including phenoxy) is 1. The molecule has 1 aromatic rings. The van der Waals surface area contributed by atoms with Crippen LogP contribution in [-0.2, 0) is 11.3 Å². The van der Waals surface area contributed by atoms with Gasteiger partial charge in [-0.1, -0.05) is 42.5 Å². The summed E-state index contributed by atoms with van der Waals surface area (Å²) in [6.07, 6.45) is 4.42. The summed E-state index contributed by atoms with van der Waals surface area (Å²) < 4.78 is 5.54. The fraction of sp³-hybridized carbons (Fsp3) is 0.333. The fourth-order valence-electron chi connectivity index (χ4n) is 1.67. The van der Waals surface area contributed by atoms with Crippen molar-refractivity contribution in [2.45, 2.75) is 25.0 Å². The van der Waals surface area contributed by atoms with Crippen LogP contribution in [0.2, 0.25) is 0 Å². The first-order chi connectivity index (χ1) is 8.20. The van der Waals surface area contributed by atoms with Crippen molar-refractivity contribution in [1.82, 2.24) is 0 Å². The van der Waals surface area contributed by atoms with E-state index in [-0.39, 0.29) is 0 Å². The van der Waals surface area contributed by atoms with E-state index in [1.807, 2.05) is 30.3 Å². The smallest absolute Gasteiger partial charge is 0.0948 e. The van der Waals surface area contributed by atoms with Crippen molar-refractivity contribution in [2.75, 3.05) is 6.61 Å². The van der Waals surface area contributed by atoms with E-state index in [0.717, 1.165) is 5.56 Å². The van der Waals surface area contributed by atoms with E-state index in [0.29, 0.717) is 26.1 Å². The van der Waals surface area contributed by atoms with Gasteiger partial charge in [0.15, 0.2) is 0 Å². The molecule has 0 fully saturated rings. The Hall–Kier alpha value is -1.38. The molecule has 1 rings (SSSR count). The summed E-state index contributed by atoms with van der Waals surface area (Å²) in [5, 5.41) is 10.2. The van der Waals surface area contributed by atoms with Crippen LogP contribution >= 0.6 is 0 Å². The average molecular weight is 232 g/mol. The van der Waals surface area contributed by atoms with Crippen LogP contribution in [0.4, 0.5) is 0 Å². The van der Waals surface area contributed by atoms with Gasteiger partial charge >= 0.3 is 0 Å². The molecule has 0 amide bonds. The minimum absolute atomic E-state index is 0.292. The van der Waals surface area contributed by atoms with Gasteiger partial charge in [0.05, 0.1) is 18.8 Å². The number of aliphatic hydroxyl groups is 1. The molecule has 2 heteroatoms. The summed E-state index contributed by atoms with van der Waals surface area (Å²) in [6.45, 7) is 8.09. The maximum absolute atomic E-state index is 10.2. The molecule has 2 nitrogen and oxygen atoms in total. The Balaban J connectivity index is 2.42. The summed E-state index contributed by atoms with van der Waals surface area (Å²) in [4.78, 5) is 0. The minimum Gasteiger partial charge on any atom is -0.387 e. The predicted molar refractivity (Wildman–Crippen MR) is 70.7 cm³/mol. The molecule has 1 aromatic carbocycles. The monoisotopic (exact) mass is 232 g/mol. The second-order valence-electron chi connectivity index (χ2n) is 4.19. The standard InChI is InChI=1S/C15H20O2/c1-3-10-15(16,11-4-2)13-17-12-14-8-6-5-7-9-14/h3-9,16H,1-2,10-13H2. The molecule has 17 heavy (non-hydrogen) atoms. The van der Waals surface area contributed by atoms with E-state index in [1.165, 1.54) is 0 Å². The SMILES string of the molecule is C=CCC(O)(CC=C)COCc1ccccc1. The minimum atomic E-state index is -0.877. The van der Waals surface area contributed by atoms with Crippen LogP contribution in [0.15, 0.2) is 55.6 Å². The highest BCUT2D eigenvalue weighted by atomic mass is 16.5. The third kappa shape index (κ3) is 4.98. The van der Waals surface area contributed by atoms with Crippen molar-refractivity contribution in [3.05, 3.63) is 61.2 Å². The molecule has 0 aliphatic rings. The van der Waals surface area contributed by atoms with Crippen LogP contribution in [0.3, 0.4) is 0 Å². The topological polar surface area (TPSA) is 29.5 Å². The second-order valence-corrected chi connectivity index (χ2v) is 4.19. The second kappa shape index (κ2) is 7.05. The van der Waals surface area contributed by atoms with E-state index in [1.54, 1.807) is 12.2 Å². The fourth-order valence-corrected chi connectivity index (χ4v) is 1.67. The van der Waals surface area contributed by atoms with Crippen LogP contribution in [0.25, 0.3) is 0 Å². The zero-order valence-electron chi connectivity index (χ0n) is 10.1. The number of hydrogen-bond donors (Lipinski definition) is 1. The Morgan fingerprint density at radius 3 is 2.24 bits per heavy atom. The maximum atomic E-state index is 10.2. The first-order valence-electron chi connectivity index (χ1n) is 5.76. The van der Waals surface area contributed by atoms with Gasteiger partial charge in [0.2, 0.25) is 0 Å². The van der Waals surface area contributed by atoms with Gasteiger partial charge in [0, 0.05) is 0 Å². The highest BCUT2D eigenvalue weighted by Crippen LogP contribution is 2.17.